The number of hydrogen-bond donors (Lipinski definition) is 2. The minimum Gasteiger partial charge on any atom is -0.475 e. The summed E-state index contributed by atoms with van der Waals surface area (Å²) < 4.78 is 35.1. The van der Waals surface area contributed by atoms with Crippen molar-refractivity contribution in [2.24, 2.45) is 0 Å². The molecule has 0 radical (unpaired) electrons. The van der Waals surface area contributed by atoms with Gasteiger partial charge in [0.05, 0.1) is 30.8 Å². The van der Waals surface area contributed by atoms with Gasteiger partial charge in [-0.3, -0.25) is 4.72 Å². The SMILES string of the molecule is CCOC(=O)C1CNc2cc(NS(C)(=O)=O)ccc2O1. The number of fused-ring (bicyclic) bond motifs is 1. The molecule has 0 spiro atoms. The van der Waals surface area contributed by atoms with Crippen LogP contribution < -0.4 is 14.8 Å². The Bertz CT molecular complexity index is 614. The molecule has 1 aromatic rings. The number of benzene rings is 1. The van der Waals surface area contributed by atoms with E-state index in [2.05, 4.69) is 10.0 Å². The Balaban J connectivity index is 2.13. The molecule has 0 amide bonds. The molecule has 0 bridgehead atoms. The molecule has 20 heavy (non-hydrogen) atoms. The molecule has 0 aliphatic carbocycles. The molecule has 110 valence electrons. The molecule has 0 fully saturated rings. The number of nitrogens with one attached hydrogen (secondary N) is 2. The molecule has 1 aliphatic heterocycles. The quantitative estimate of drug-likeness (QED) is 0.799. The molecular formula is C12H16N2O5S. The highest BCUT2D eigenvalue weighted by atomic mass is 32.2. The Kier molecular flexibility index (Phi) is 4.03. The lowest BCUT2D eigenvalue weighted by Gasteiger charge is -2.26. The van der Waals surface area contributed by atoms with E-state index in [1.54, 1.807) is 25.1 Å². The molecule has 2 N–H and O–H groups in total. The molecule has 7 nitrogen and oxygen atoms in total. The number of rotatable bonds is 4. The van der Waals surface area contributed by atoms with Gasteiger partial charge in [-0.25, -0.2) is 13.2 Å². The molecule has 0 aromatic heterocycles. The standard InChI is InChI=1S/C12H16N2O5S/c1-3-18-12(15)11-7-13-9-6-8(14-20(2,16)17)4-5-10(9)19-11/h4-6,11,13-14H,3,7H2,1-2H3. The van der Waals surface area contributed by atoms with Crippen molar-refractivity contribution in [1.29, 1.82) is 0 Å². The molecule has 0 saturated heterocycles. The minimum absolute atomic E-state index is 0.272. The molecule has 0 saturated carbocycles. The third-order valence-electron chi connectivity index (χ3n) is 2.58. The lowest BCUT2D eigenvalue weighted by Crippen LogP contribution is -2.38. The number of sulfonamides is 1. The van der Waals surface area contributed by atoms with E-state index in [1.807, 2.05) is 0 Å². The summed E-state index contributed by atoms with van der Waals surface area (Å²) in [4.78, 5) is 11.6. The lowest BCUT2D eigenvalue weighted by molar-refractivity contribution is -0.150. The average Bonchev–Trinajstić information content (AvgIpc) is 2.36. The van der Waals surface area contributed by atoms with Gasteiger partial charge in [0.2, 0.25) is 16.1 Å². The summed E-state index contributed by atoms with van der Waals surface area (Å²) in [6.45, 7) is 2.29. The number of carbonyl (C=O) groups is 1. The summed E-state index contributed by atoms with van der Waals surface area (Å²) in [6, 6.07) is 4.77. The zero-order valence-corrected chi connectivity index (χ0v) is 12.0. The van der Waals surface area contributed by atoms with E-state index >= 15 is 0 Å². The molecule has 8 heteroatoms. The third-order valence-corrected chi connectivity index (χ3v) is 3.19. The first-order valence-corrected chi connectivity index (χ1v) is 7.97. The second kappa shape index (κ2) is 5.58. The topological polar surface area (TPSA) is 93.7 Å². The first kappa shape index (κ1) is 14.4. The number of anilines is 2. The molecule has 1 unspecified atom stereocenters. The van der Waals surface area contributed by atoms with Crippen LogP contribution in [0.2, 0.25) is 0 Å². The van der Waals surface area contributed by atoms with Crippen LogP contribution >= 0.6 is 0 Å². The Hall–Kier alpha value is -1.96. The van der Waals surface area contributed by atoms with Crippen molar-refractivity contribution in [3.8, 4) is 5.75 Å². The number of ether oxygens (including phenoxy) is 2. The molecule has 1 heterocycles. The normalized spacial score (nSPS) is 17.4. The zero-order valence-electron chi connectivity index (χ0n) is 11.2. The summed E-state index contributed by atoms with van der Waals surface area (Å²) in [5, 5.41) is 3.02. The van der Waals surface area contributed by atoms with Crippen LogP contribution in [0.25, 0.3) is 0 Å². The third kappa shape index (κ3) is 3.53. The van der Waals surface area contributed by atoms with Crippen molar-refractivity contribution in [3.63, 3.8) is 0 Å². The van der Waals surface area contributed by atoms with Crippen molar-refractivity contribution in [2.75, 3.05) is 29.4 Å². The average molecular weight is 300 g/mol. The maximum Gasteiger partial charge on any atom is 0.349 e. The first-order chi connectivity index (χ1) is 9.39. The number of hydrogen-bond acceptors (Lipinski definition) is 6. The highest BCUT2D eigenvalue weighted by Gasteiger charge is 2.27. The Labute approximate surface area is 117 Å². The minimum atomic E-state index is -3.33. The smallest absolute Gasteiger partial charge is 0.349 e. The Morgan fingerprint density at radius 3 is 2.95 bits per heavy atom. The predicted octanol–water partition coefficient (Wildman–Crippen LogP) is 0.794. The van der Waals surface area contributed by atoms with Crippen LogP contribution in [0.4, 0.5) is 11.4 Å². The van der Waals surface area contributed by atoms with E-state index in [0.717, 1.165) is 6.26 Å². The fourth-order valence-electron chi connectivity index (χ4n) is 1.81. The maximum atomic E-state index is 11.6. The van der Waals surface area contributed by atoms with Crippen molar-refractivity contribution >= 4 is 27.4 Å². The lowest BCUT2D eigenvalue weighted by atomic mass is 10.2. The van der Waals surface area contributed by atoms with E-state index in [0.29, 0.717) is 23.7 Å². The van der Waals surface area contributed by atoms with Gasteiger partial charge in [-0.05, 0) is 25.1 Å². The van der Waals surface area contributed by atoms with Crippen LogP contribution in [0.15, 0.2) is 18.2 Å². The molecule has 1 aliphatic rings. The van der Waals surface area contributed by atoms with Gasteiger partial charge < -0.3 is 14.8 Å². The van der Waals surface area contributed by atoms with Gasteiger partial charge in [-0.1, -0.05) is 0 Å². The summed E-state index contributed by atoms with van der Waals surface area (Å²) in [6.07, 6.45) is 0.379. The van der Waals surface area contributed by atoms with Gasteiger partial charge in [0, 0.05) is 0 Å². The maximum absolute atomic E-state index is 11.6. The van der Waals surface area contributed by atoms with Crippen molar-refractivity contribution in [2.45, 2.75) is 13.0 Å². The van der Waals surface area contributed by atoms with E-state index < -0.39 is 22.1 Å². The zero-order chi connectivity index (χ0) is 14.8. The van der Waals surface area contributed by atoms with E-state index in [4.69, 9.17) is 9.47 Å². The fraction of sp³-hybridized carbons (Fsp3) is 0.417. The molecule has 1 atom stereocenters. The van der Waals surface area contributed by atoms with Gasteiger partial charge in [0.25, 0.3) is 0 Å². The van der Waals surface area contributed by atoms with Crippen LogP contribution in [0, 0.1) is 0 Å². The summed E-state index contributed by atoms with van der Waals surface area (Å²) >= 11 is 0. The second-order valence-electron chi connectivity index (χ2n) is 4.32. The van der Waals surface area contributed by atoms with Crippen LogP contribution in [0.1, 0.15) is 6.92 Å². The van der Waals surface area contributed by atoms with Crippen molar-refractivity contribution in [1.82, 2.24) is 0 Å². The molecular weight excluding hydrogens is 284 g/mol. The molecule has 2 rings (SSSR count). The monoisotopic (exact) mass is 300 g/mol. The Morgan fingerprint density at radius 2 is 2.30 bits per heavy atom. The molecule has 1 aromatic carbocycles. The van der Waals surface area contributed by atoms with Gasteiger partial charge in [-0.15, -0.1) is 0 Å². The Morgan fingerprint density at radius 1 is 1.55 bits per heavy atom. The number of carbonyl (C=O) groups excluding carboxylic acids is 1. The summed E-state index contributed by atoms with van der Waals surface area (Å²) in [5.74, 6) is 0.0531. The van der Waals surface area contributed by atoms with Gasteiger partial charge in [0.1, 0.15) is 5.75 Å². The highest BCUT2D eigenvalue weighted by Crippen LogP contribution is 2.32. The van der Waals surface area contributed by atoms with Gasteiger partial charge in [0.15, 0.2) is 0 Å². The summed E-state index contributed by atoms with van der Waals surface area (Å²) in [5.41, 5.74) is 1.05. The second-order valence-corrected chi connectivity index (χ2v) is 6.07. The predicted molar refractivity (Wildman–Crippen MR) is 74.4 cm³/mol. The van der Waals surface area contributed by atoms with E-state index in [-0.39, 0.29) is 6.54 Å². The fourth-order valence-corrected chi connectivity index (χ4v) is 2.37. The van der Waals surface area contributed by atoms with E-state index in [1.165, 1.54) is 0 Å². The van der Waals surface area contributed by atoms with E-state index in [9.17, 15) is 13.2 Å². The van der Waals surface area contributed by atoms with Gasteiger partial charge in [-0.2, -0.15) is 0 Å². The van der Waals surface area contributed by atoms with Crippen LogP contribution in [0.5, 0.6) is 5.75 Å². The highest BCUT2D eigenvalue weighted by molar-refractivity contribution is 7.92. The summed E-state index contributed by atoms with van der Waals surface area (Å²) in [7, 11) is -3.33. The van der Waals surface area contributed by atoms with Crippen LogP contribution in [0.3, 0.4) is 0 Å². The van der Waals surface area contributed by atoms with Gasteiger partial charge >= 0.3 is 5.97 Å². The number of esters is 1. The first-order valence-electron chi connectivity index (χ1n) is 6.08. The van der Waals surface area contributed by atoms with Crippen molar-refractivity contribution < 1.29 is 22.7 Å². The van der Waals surface area contributed by atoms with Crippen molar-refractivity contribution in [3.05, 3.63) is 18.2 Å². The van der Waals surface area contributed by atoms with Crippen LogP contribution in [-0.2, 0) is 19.6 Å². The van der Waals surface area contributed by atoms with Crippen LogP contribution in [-0.4, -0.2) is 39.9 Å². The largest absolute Gasteiger partial charge is 0.475 e.